The van der Waals surface area contributed by atoms with Crippen LogP contribution in [0.3, 0.4) is 0 Å². The number of anilines is 1. The standard InChI is InChI=1S/C12H12ClFN2S/c13-8-2-1-3-9(14)11(8)16-12-15-6-10(17-12)7-4-5-7/h1-3,7,10H,4-6H2,(H,15,16). The second kappa shape index (κ2) is 4.50. The zero-order valence-electron chi connectivity index (χ0n) is 9.12. The summed E-state index contributed by atoms with van der Waals surface area (Å²) in [4.78, 5) is 4.40. The number of rotatable bonds is 2. The second-order valence-electron chi connectivity index (χ2n) is 4.36. The molecule has 1 saturated carbocycles. The summed E-state index contributed by atoms with van der Waals surface area (Å²) in [5.41, 5.74) is 0.330. The average molecular weight is 271 g/mol. The third-order valence-electron chi connectivity index (χ3n) is 3.02. The lowest BCUT2D eigenvalue weighted by Gasteiger charge is -2.09. The molecule has 5 heteroatoms. The van der Waals surface area contributed by atoms with Gasteiger partial charge in [0.1, 0.15) is 5.82 Å². The second-order valence-corrected chi connectivity index (χ2v) is 6.00. The van der Waals surface area contributed by atoms with E-state index in [9.17, 15) is 4.39 Å². The predicted octanol–water partition coefficient (Wildman–Crippen LogP) is 3.77. The third kappa shape index (κ3) is 2.43. The Morgan fingerprint density at radius 3 is 2.94 bits per heavy atom. The molecule has 1 aromatic carbocycles. The molecular weight excluding hydrogens is 259 g/mol. The van der Waals surface area contributed by atoms with Gasteiger partial charge in [-0.3, -0.25) is 4.99 Å². The first kappa shape index (κ1) is 11.4. The lowest BCUT2D eigenvalue weighted by atomic mass is 10.3. The Bertz CT molecular complexity index is 453. The van der Waals surface area contributed by atoms with Crippen LogP contribution in [0.15, 0.2) is 23.2 Å². The van der Waals surface area contributed by atoms with Crippen molar-refractivity contribution in [3.63, 3.8) is 0 Å². The van der Waals surface area contributed by atoms with Gasteiger partial charge in [-0.2, -0.15) is 0 Å². The molecule has 0 bridgehead atoms. The van der Waals surface area contributed by atoms with Gasteiger partial charge in [-0.15, -0.1) is 0 Å². The fourth-order valence-corrected chi connectivity index (χ4v) is 3.32. The van der Waals surface area contributed by atoms with Crippen LogP contribution in [0.1, 0.15) is 12.8 Å². The van der Waals surface area contributed by atoms with Gasteiger partial charge in [0.15, 0.2) is 5.17 Å². The van der Waals surface area contributed by atoms with E-state index < -0.39 is 0 Å². The van der Waals surface area contributed by atoms with Gasteiger partial charge < -0.3 is 5.32 Å². The predicted molar refractivity (Wildman–Crippen MR) is 71.4 cm³/mol. The Kier molecular flexibility index (Phi) is 3.01. The van der Waals surface area contributed by atoms with Crippen molar-refractivity contribution in [1.82, 2.24) is 0 Å². The maximum absolute atomic E-state index is 13.6. The number of nitrogens with zero attached hydrogens (tertiary/aromatic N) is 1. The van der Waals surface area contributed by atoms with Crippen molar-refractivity contribution < 1.29 is 4.39 Å². The first-order valence-electron chi connectivity index (χ1n) is 5.66. The van der Waals surface area contributed by atoms with E-state index >= 15 is 0 Å². The van der Waals surface area contributed by atoms with Crippen LogP contribution in [0.25, 0.3) is 0 Å². The molecule has 1 unspecified atom stereocenters. The van der Waals surface area contributed by atoms with E-state index in [0.717, 1.165) is 17.6 Å². The molecule has 1 aromatic rings. The van der Waals surface area contributed by atoms with Gasteiger partial charge in [-0.1, -0.05) is 29.4 Å². The van der Waals surface area contributed by atoms with E-state index in [1.165, 1.54) is 18.9 Å². The van der Waals surface area contributed by atoms with E-state index in [4.69, 9.17) is 11.6 Å². The van der Waals surface area contributed by atoms with Crippen LogP contribution >= 0.6 is 23.4 Å². The summed E-state index contributed by atoms with van der Waals surface area (Å²) >= 11 is 7.66. The van der Waals surface area contributed by atoms with Gasteiger partial charge in [0.05, 0.1) is 17.3 Å². The smallest absolute Gasteiger partial charge is 0.161 e. The van der Waals surface area contributed by atoms with Crippen LogP contribution in [0, 0.1) is 11.7 Å². The first-order chi connectivity index (χ1) is 8.24. The maximum atomic E-state index is 13.6. The van der Waals surface area contributed by atoms with Crippen LogP contribution in [0.2, 0.25) is 5.02 Å². The number of amidine groups is 1. The molecule has 1 fully saturated rings. The van der Waals surface area contributed by atoms with E-state index in [1.54, 1.807) is 23.9 Å². The Balaban J connectivity index is 1.71. The lowest BCUT2D eigenvalue weighted by molar-refractivity contribution is 0.632. The van der Waals surface area contributed by atoms with Crippen LogP contribution < -0.4 is 5.32 Å². The molecule has 0 aromatic heterocycles. The minimum atomic E-state index is -0.337. The normalized spacial score (nSPS) is 23.6. The number of hydrogen-bond donors (Lipinski definition) is 1. The minimum Gasteiger partial charge on any atom is -0.331 e. The van der Waals surface area contributed by atoms with Crippen LogP contribution in [0.4, 0.5) is 10.1 Å². The summed E-state index contributed by atoms with van der Waals surface area (Å²) < 4.78 is 13.6. The number of nitrogens with one attached hydrogen (secondary N) is 1. The van der Waals surface area contributed by atoms with E-state index in [2.05, 4.69) is 10.3 Å². The Hall–Kier alpha value is -0.740. The molecule has 0 radical (unpaired) electrons. The fourth-order valence-electron chi connectivity index (χ4n) is 1.90. The summed E-state index contributed by atoms with van der Waals surface area (Å²) in [7, 11) is 0. The van der Waals surface area contributed by atoms with E-state index in [0.29, 0.717) is 16.0 Å². The fraction of sp³-hybridized carbons (Fsp3) is 0.417. The van der Waals surface area contributed by atoms with Crippen molar-refractivity contribution in [2.45, 2.75) is 18.1 Å². The van der Waals surface area contributed by atoms with Crippen molar-refractivity contribution in [1.29, 1.82) is 0 Å². The molecule has 0 saturated heterocycles. The molecule has 3 rings (SSSR count). The molecule has 1 N–H and O–H groups in total. The quantitative estimate of drug-likeness (QED) is 0.885. The molecule has 0 amide bonds. The van der Waals surface area contributed by atoms with Crippen molar-refractivity contribution >= 4 is 34.2 Å². The SMILES string of the molecule is Fc1cccc(Cl)c1NC1=NCC(C2CC2)S1. The zero-order valence-corrected chi connectivity index (χ0v) is 10.7. The number of hydrogen-bond acceptors (Lipinski definition) is 3. The highest BCUT2D eigenvalue weighted by Crippen LogP contribution is 2.42. The summed E-state index contributed by atoms with van der Waals surface area (Å²) in [5, 5.41) is 4.75. The van der Waals surface area contributed by atoms with Gasteiger partial charge in [0.25, 0.3) is 0 Å². The van der Waals surface area contributed by atoms with Gasteiger partial charge in [-0.05, 0) is 30.9 Å². The highest BCUT2D eigenvalue weighted by atomic mass is 35.5. The summed E-state index contributed by atoms with van der Waals surface area (Å²) in [6.45, 7) is 0.837. The van der Waals surface area contributed by atoms with Crippen LogP contribution in [-0.4, -0.2) is 17.0 Å². The van der Waals surface area contributed by atoms with Gasteiger partial charge in [-0.25, -0.2) is 4.39 Å². The molecule has 1 atom stereocenters. The molecule has 2 aliphatic rings. The summed E-state index contributed by atoms with van der Waals surface area (Å²) in [5.74, 6) is 0.467. The molecule has 1 aliphatic heterocycles. The van der Waals surface area contributed by atoms with Gasteiger partial charge >= 0.3 is 0 Å². The molecule has 90 valence electrons. The number of aliphatic imine (C=N–C) groups is 1. The Morgan fingerprint density at radius 2 is 2.24 bits per heavy atom. The van der Waals surface area contributed by atoms with E-state index in [-0.39, 0.29) is 5.82 Å². The highest BCUT2D eigenvalue weighted by molar-refractivity contribution is 8.15. The maximum Gasteiger partial charge on any atom is 0.161 e. The zero-order chi connectivity index (χ0) is 11.8. The van der Waals surface area contributed by atoms with Crippen LogP contribution in [-0.2, 0) is 0 Å². The topological polar surface area (TPSA) is 24.4 Å². The monoisotopic (exact) mass is 270 g/mol. The van der Waals surface area contributed by atoms with Crippen molar-refractivity contribution in [2.24, 2.45) is 10.9 Å². The van der Waals surface area contributed by atoms with Gasteiger partial charge in [0, 0.05) is 5.25 Å². The van der Waals surface area contributed by atoms with Crippen molar-refractivity contribution in [3.8, 4) is 0 Å². The number of halogens is 2. The Morgan fingerprint density at radius 1 is 1.41 bits per heavy atom. The largest absolute Gasteiger partial charge is 0.331 e. The summed E-state index contributed by atoms with van der Waals surface area (Å²) in [6.07, 6.45) is 2.61. The van der Waals surface area contributed by atoms with Gasteiger partial charge in [0.2, 0.25) is 0 Å². The highest BCUT2D eigenvalue weighted by Gasteiger charge is 2.35. The first-order valence-corrected chi connectivity index (χ1v) is 6.92. The van der Waals surface area contributed by atoms with E-state index in [1.807, 2.05) is 0 Å². The molecule has 17 heavy (non-hydrogen) atoms. The number of benzene rings is 1. The van der Waals surface area contributed by atoms with Crippen LogP contribution in [0.5, 0.6) is 0 Å². The molecule has 0 spiro atoms. The lowest BCUT2D eigenvalue weighted by Crippen LogP contribution is -2.10. The summed E-state index contributed by atoms with van der Waals surface area (Å²) in [6, 6.07) is 4.66. The average Bonchev–Trinajstić information content (AvgIpc) is 3.05. The van der Waals surface area contributed by atoms with Crippen molar-refractivity contribution in [2.75, 3.05) is 11.9 Å². The Labute approximate surface area is 109 Å². The molecule has 2 nitrogen and oxygen atoms in total. The number of thioether (sulfide) groups is 1. The van der Waals surface area contributed by atoms with Crippen molar-refractivity contribution in [3.05, 3.63) is 29.0 Å². The number of para-hydroxylation sites is 1. The molecular formula is C12H12ClFN2S. The molecule has 1 aliphatic carbocycles. The molecule has 1 heterocycles. The minimum absolute atomic E-state index is 0.330. The third-order valence-corrected chi connectivity index (χ3v) is 4.63.